The second-order valence-electron chi connectivity index (χ2n) is 6.17. The van der Waals surface area contributed by atoms with E-state index in [0.29, 0.717) is 5.75 Å². The minimum atomic E-state index is -0.417. The first kappa shape index (κ1) is 17.5. The van der Waals surface area contributed by atoms with Crippen LogP contribution in [0, 0.1) is 10.1 Å². The van der Waals surface area contributed by atoms with Gasteiger partial charge in [-0.2, -0.15) is 0 Å². The summed E-state index contributed by atoms with van der Waals surface area (Å²) < 4.78 is 5.61. The van der Waals surface area contributed by atoms with E-state index < -0.39 is 4.92 Å². The lowest BCUT2D eigenvalue weighted by atomic mass is 10.1. The normalized spacial score (nSPS) is 19.2. The molecule has 1 aliphatic rings. The minimum absolute atomic E-state index is 0.0107. The molecular formula is C16H25N3O4. The number of aliphatic hydroxyl groups excluding tert-OH is 1. The Balaban J connectivity index is 2.23. The van der Waals surface area contributed by atoms with Crippen molar-refractivity contribution in [2.45, 2.75) is 32.4 Å². The lowest BCUT2D eigenvalue weighted by molar-refractivity contribution is -0.386. The van der Waals surface area contributed by atoms with Crippen molar-refractivity contribution in [3.63, 3.8) is 0 Å². The van der Waals surface area contributed by atoms with Crippen LogP contribution in [0.25, 0.3) is 0 Å². The van der Waals surface area contributed by atoms with Crippen LogP contribution in [0.5, 0.6) is 5.75 Å². The van der Waals surface area contributed by atoms with E-state index in [-0.39, 0.29) is 24.4 Å². The van der Waals surface area contributed by atoms with Crippen LogP contribution in [0.2, 0.25) is 0 Å². The average molecular weight is 323 g/mol. The largest absolute Gasteiger partial charge is 0.484 e. The van der Waals surface area contributed by atoms with Gasteiger partial charge in [0.15, 0.2) is 5.75 Å². The molecule has 7 heteroatoms. The van der Waals surface area contributed by atoms with Crippen molar-refractivity contribution >= 4 is 11.4 Å². The van der Waals surface area contributed by atoms with E-state index in [4.69, 9.17) is 4.74 Å². The van der Waals surface area contributed by atoms with Crippen LogP contribution in [0.3, 0.4) is 0 Å². The van der Waals surface area contributed by atoms with Crippen molar-refractivity contribution in [2.75, 3.05) is 38.2 Å². The summed E-state index contributed by atoms with van der Waals surface area (Å²) in [6.07, 6.45) is 0.591. The van der Waals surface area contributed by atoms with E-state index in [1.807, 2.05) is 13.8 Å². The number of rotatable bonds is 6. The van der Waals surface area contributed by atoms with Crippen molar-refractivity contribution in [1.29, 1.82) is 0 Å². The number of anilines is 1. The summed E-state index contributed by atoms with van der Waals surface area (Å²) in [5, 5.41) is 20.3. The van der Waals surface area contributed by atoms with Gasteiger partial charge in [-0.25, -0.2) is 0 Å². The monoisotopic (exact) mass is 323 g/mol. The predicted molar refractivity (Wildman–Crippen MR) is 89.2 cm³/mol. The van der Waals surface area contributed by atoms with Gasteiger partial charge in [0, 0.05) is 50.1 Å². The number of nitro groups is 1. The molecule has 128 valence electrons. The molecule has 1 N–H and O–H groups in total. The number of benzene rings is 1. The fourth-order valence-corrected chi connectivity index (χ4v) is 2.84. The Labute approximate surface area is 136 Å². The lowest BCUT2D eigenvalue weighted by Gasteiger charge is -2.40. The maximum atomic E-state index is 11.1. The lowest BCUT2D eigenvalue weighted by Crippen LogP contribution is -2.51. The second-order valence-corrected chi connectivity index (χ2v) is 6.17. The summed E-state index contributed by atoms with van der Waals surface area (Å²) in [6, 6.07) is 5.30. The first-order chi connectivity index (χ1) is 10.9. The molecule has 0 spiro atoms. The number of hydrogen-bond donors (Lipinski definition) is 1. The molecule has 0 aromatic heterocycles. The highest BCUT2D eigenvalue weighted by atomic mass is 16.6. The Bertz CT molecular complexity index is 550. The predicted octanol–water partition coefficient (Wildman–Crippen LogP) is 1.88. The van der Waals surface area contributed by atoms with Gasteiger partial charge in [-0.3, -0.25) is 15.0 Å². The van der Waals surface area contributed by atoms with Crippen LogP contribution in [-0.4, -0.2) is 60.4 Å². The molecule has 1 saturated heterocycles. The number of aliphatic hydroxyl groups is 1. The Morgan fingerprint density at radius 3 is 2.78 bits per heavy atom. The van der Waals surface area contributed by atoms with Crippen molar-refractivity contribution < 1.29 is 14.8 Å². The molecule has 0 radical (unpaired) electrons. The molecule has 1 aliphatic heterocycles. The zero-order valence-electron chi connectivity index (χ0n) is 13.9. The molecule has 1 aromatic rings. The van der Waals surface area contributed by atoms with Gasteiger partial charge in [-0.05, 0) is 33.4 Å². The van der Waals surface area contributed by atoms with E-state index in [1.165, 1.54) is 6.07 Å². The van der Waals surface area contributed by atoms with Crippen LogP contribution < -0.4 is 9.64 Å². The summed E-state index contributed by atoms with van der Waals surface area (Å²) in [6.45, 7) is 6.38. The van der Waals surface area contributed by atoms with E-state index in [2.05, 4.69) is 16.8 Å². The van der Waals surface area contributed by atoms with Crippen LogP contribution in [0.1, 0.15) is 20.3 Å². The standard InChI is InChI=1S/C16H25N3O4/c1-12(2)23-16-10-13(4-5-15(16)19(21)22)18-8-7-17(3)14(11-18)6-9-20/h4-5,10,12,14,20H,6-9,11H2,1-3H3/t14-/m0/s1. The van der Waals surface area contributed by atoms with Gasteiger partial charge < -0.3 is 14.7 Å². The molecule has 0 bridgehead atoms. The molecular weight excluding hydrogens is 298 g/mol. The molecule has 1 aromatic carbocycles. The molecule has 0 saturated carbocycles. The van der Waals surface area contributed by atoms with E-state index in [9.17, 15) is 15.2 Å². The number of nitro benzene ring substituents is 1. The van der Waals surface area contributed by atoms with Crippen LogP contribution >= 0.6 is 0 Å². The SMILES string of the molecule is CC(C)Oc1cc(N2CCN(C)[C@@H](CCO)C2)ccc1[N+](=O)[O-]. The molecule has 2 rings (SSSR count). The topological polar surface area (TPSA) is 79.1 Å². The number of piperazine rings is 1. The summed E-state index contributed by atoms with van der Waals surface area (Å²) >= 11 is 0. The van der Waals surface area contributed by atoms with Gasteiger partial charge in [-0.1, -0.05) is 0 Å². The molecule has 1 fully saturated rings. The van der Waals surface area contributed by atoms with Crippen molar-refractivity contribution in [3.8, 4) is 5.75 Å². The van der Waals surface area contributed by atoms with Gasteiger partial charge in [-0.15, -0.1) is 0 Å². The number of nitrogens with zero attached hydrogens (tertiary/aromatic N) is 3. The van der Waals surface area contributed by atoms with Crippen molar-refractivity contribution in [1.82, 2.24) is 4.90 Å². The smallest absolute Gasteiger partial charge is 0.311 e. The second kappa shape index (κ2) is 7.61. The minimum Gasteiger partial charge on any atom is -0.484 e. The van der Waals surface area contributed by atoms with Crippen LogP contribution in [0.15, 0.2) is 18.2 Å². The van der Waals surface area contributed by atoms with Crippen molar-refractivity contribution in [2.24, 2.45) is 0 Å². The molecule has 23 heavy (non-hydrogen) atoms. The number of likely N-dealkylation sites (N-methyl/N-ethyl adjacent to an activating group) is 1. The average Bonchev–Trinajstić information content (AvgIpc) is 2.48. The summed E-state index contributed by atoms with van der Waals surface area (Å²) in [5.41, 5.74) is 0.908. The molecule has 0 unspecified atom stereocenters. The first-order valence-corrected chi connectivity index (χ1v) is 7.93. The highest BCUT2D eigenvalue weighted by molar-refractivity contribution is 5.59. The zero-order valence-corrected chi connectivity index (χ0v) is 13.9. The molecule has 7 nitrogen and oxygen atoms in total. The van der Waals surface area contributed by atoms with E-state index >= 15 is 0 Å². The Morgan fingerprint density at radius 1 is 1.43 bits per heavy atom. The maximum Gasteiger partial charge on any atom is 0.311 e. The molecule has 1 heterocycles. The third-order valence-corrected chi connectivity index (χ3v) is 4.11. The highest BCUT2D eigenvalue weighted by Gasteiger charge is 2.26. The molecule has 0 aliphatic carbocycles. The summed E-state index contributed by atoms with van der Waals surface area (Å²) in [5.74, 6) is 0.306. The van der Waals surface area contributed by atoms with Crippen LogP contribution in [-0.2, 0) is 0 Å². The van der Waals surface area contributed by atoms with Crippen LogP contribution in [0.4, 0.5) is 11.4 Å². The van der Waals surface area contributed by atoms with Gasteiger partial charge >= 0.3 is 5.69 Å². The summed E-state index contributed by atoms with van der Waals surface area (Å²) in [7, 11) is 2.06. The molecule has 0 amide bonds. The summed E-state index contributed by atoms with van der Waals surface area (Å²) in [4.78, 5) is 15.2. The van der Waals surface area contributed by atoms with Gasteiger partial charge in [0.05, 0.1) is 11.0 Å². The van der Waals surface area contributed by atoms with Gasteiger partial charge in [0.1, 0.15) is 0 Å². The quantitative estimate of drug-likeness (QED) is 0.636. The number of hydrogen-bond acceptors (Lipinski definition) is 6. The Hall–Kier alpha value is -1.86. The Morgan fingerprint density at radius 2 is 2.17 bits per heavy atom. The van der Waals surface area contributed by atoms with E-state index in [1.54, 1.807) is 12.1 Å². The van der Waals surface area contributed by atoms with Gasteiger partial charge in [0.25, 0.3) is 0 Å². The fraction of sp³-hybridized carbons (Fsp3) is 0.625. The van der Waals surface area contributed by atoms with E-state index in [0.717, 1.165) is 31.7 Å². The van der Waals surface area contributed by atoms with Crippen molar-refractivity contribution in [3.05, 3.63) is 28.3 Å². The highest BCUT2D eigenvalue weighted by Crippen LogP contribution is 2.33. The first-order valence-electron chi connectivity index (χ1n) is 7.93. The molecule has 1 atom stereocenters. The zero-order chi connectivity index (χ0) is 17.0. The third kappa shape index (κ3) is 4.33. The fourth-order valence-electron chi connectivity index (χ4n) is 2.84. The Kier molecular flexibility index (Phi) is 5.79. The number of ether oxygens (including phenoxy) is 1. The van der Waals surface area contributed by atoms with Gasteiger partial charge in [0.2, 0.25) is 0 Å². The third-order valence-electron chi connectivity index (χ3n) is 4.11. The maximum absolute atomic E-state index is 11.1.